The number of nitrogens with zero attached hydrogens (tertiary/aromatic N) is 2. The van der Waals surface area contributed by atoms with Gasteiger partial charge >= 0.3 is 0 Å². The number of amidine groups is 1. The van der Waals surface area contributed by atoms with Gasteiger partial charge in [0.1, 0.15) is 18.1 Å². The first kappa shape index (κ1) is 16.2. The molecule has 2 aromatic carbocycles. The highest BCUT2D eigenvalue weighted by molar-refractivity contribution is 5.97. The van der Waals surface area contributed by atoms with E-state index in [0.717, 1.165) is 11.3 Å². The summed E-state index contributed by atoms with van der Waals surface area (Å²) in [6.45, 7) is 0.585. The number of nitrogens with two attached hydrogens (primary N) is 1. The third kappa shape index (κ3) is 4.93. The Morgan fingerprint density at radius 3 is 2.30 bits per heavy atom. The second kappa shape index (κ2) is 8.29. The predicted molar refractivity (Wildman–Crippen MR) is 86.3 cm³/mol. The van der Waals surface area contributed by atoms with Crippen LogP contribution in [-0.4, -0.2) is 26.2 Å². The molecule has 2 N–H and O–H groups in total. The van der Waals surface area contributed by atoms with Crippen LogP contribution in [0.5, 0.6) is 11.5 Å². The maximum atomic E-state index is 8.71. The van der Waals surface area contributed by atoms with Crippen LogP contribution in [0.25, 0.3) is 0 Å². The summed E-state index contributed by atoms with van der Waals surface area (Å²) in [6, 6.07) is 16.1. The van der Waals surface area contributed by atoms with Crippen molar-refractivity contribution in [1.29, 1.82) is 5.26 Å². The molecule has 0 saturated carbocycles. The molecule has 0 spiro atoms. The standard InChI is InChI=1S/C17H17N3O3/c1-21-15-8-4-14(5-9-15)17(19)20-23-11-10-22-16-6-2-13(12-18)3-7-16/h2-9H,10-11H2,1H3,(H2,19,20). The molecule has 6 heteroatoms. The van der Waals surface area contributed by atoms with Gasteiger partial charge in [0.2, 0.25) is 0 Å². The van der Waals surface area contributed by atoms with Crippen molar-refractivity contribution in [2.24, 2.45) is 10.9 Å². The summed E-state index contributed by atoms with van der Waals surface area (Å²) >= 11 is 0. The first-order chi connectivity index (χ1) is 11.2. The second-order valence-electron chi connectivity index (χ2n) is 4.52. The summed E-state index contributed by atoms with van der Waals surface area (Å²) in [5.74, 6) is 1.70. The molecule has 0 atom stereocenters. The number of rotatable bonds is 7. The summed E-state index contributed by atoms with van der Waals surface area (Å²) in [4.78, 5) is 5.13. The van der Waals surface area contributed by atoms with E-state index in [2.05, 4.69) is 5.16 Å². The van der Waals surface area contributed by atoms with Gasteiger partial charge in [-0.25, -0.2) is 0 Å². The highest BCUT2D eigenvalue weighted by atomic mass is 16.6. The molecule has 2 aromatic rings. The lowest BCUT2D eigenvalue weighted by atomic mass is 10.2. The number of oxime groups is 1. The van der Waals surface area contributed by atoms with Gasteiger partial charge in [-0.2, -0.15) is 5.26 Å². The summed E-state index contributed by atoms with van der Waals surface area (Å²) in [7, 11) is 1.60. The number of ether oxygens (including phenoxy) is 2. The van der Waals surface area contributed by atoms with Crippen molar-refractivity contribution in [3.63, 3.8) is 0 Å². The number of nitriles is 1. The zero-order chi connectivity index (χ0) is 16.5. The molecule has 0 radical (unpaired) electrons. The Balaban J connectivity index is 1.75. The molecular weight excluding hydrogens is 294 g/mol. The van der Waals surface area contributed by atoms with E-state index in [9.17, 15) is 0 Å². The highest BCUT2D eigenvalue weighted by Crippen LogP contribution is 2.12. The lowest BCUT2D eigenvalue weighted by molar-refractivity contribution is 0.107. The predicted octanol–water partition coefficient (Wildman–Crippen LogP) is 2.28. The van der Waals surface area contributed by atoms with Crippen molar-refractivity contribution in [3.05, 3.63) is 59.7 Å². The Kier molecular flexibility index (Phi) is 5.83. The first-order valence-electron chi connectivity index (χ1n) is 6.96. The van der Waals surface area contributed by atoms with Crippen LogP contribution in [0.1, 0.15) is 11.1 Å². The van der Waals surface area contributed by atoms with Gasteiger partial charge in [0.25, 0.3) is 0 Å². The van der Waals surface area contributed by atoms with Gasteiger partial charge in [-0.15, -0.1) is 0 Å². The Labute approximate surface area is 134 Å². The maximum absolute atomic E-state index is 8.71. The van der Waals surface area contributed by atoms with E-state index in [-0.39, 0.29) is 12.4 Å². The van der Waals surface area contributed by atoms with E-state index in [1.807, 2.05) is 6.07 Å². The van der Waals surface area contributed by atoms with E-state index in [0.29, 0.717) is 17.9 Å². The molecular formula is C17H17N3O3. The molecule has 0 saturated heterocycles. The summed E-state index contributed by atoms with van der Waals surface area (Å²) in [5, 5.41) is 12.5. The van der Waals surface area contributed by atoms with Crippen molar-refractivity contribution in [2.45, 2.75) is 0 Å². The van der Waals surface area contributed by atoms with Crippen molar-refractivity contribution in [2.75, 3.05) is 20.3 Å². The van der Waals surface area contributed by atoms with E-state index in [1.54, 1.807) is 55.6 Å². The van der Waals surface area contributed by atoms with Crippen LogP contribution in [0.3, 0.4) is 0 Å². The quantitative estimate of drug-likeness (QED) is 0.367. The van der Waals surface area contributed by atoms with E-state index >= 15 is 0 Å². The number of hydrogen-bond acceptors (Lipinski definition) is 5. The third-order valence-corrected chi connectivity index (χ3v) is 2.98. The zero-order valence-corrected chi connectivity index (χ0v) is 12.7. The molecule has 0 heterocycles. The SMILES string of the molecule is COc1ccc(/C(N)=N/OCCOc2ccc(C#N)cc2)cc1. The van der Waals surface area contributed by atoms with E-state index in [4.69, 9.17) is 25.3 Å². The van der Waals surface area contributed by atoms with E-state index in [1.165, 1.54) is 0 Å². The largest absolute Gasteiger partial charge is 0.497 e. The van der Waals surface area contributed by atoms with Crippen molar-refractivity contribution in [3.8, 4) is 17.6 Å². The topological polar surface area (TPSA) is 89.9 Å². The monoisotopic (exact) mass is 311 g/mol. The summed E-state index contributed by atoms with van der Waals surface area (Å²) in [6.07, 6.45) is 0. The average molecular weight is 311 g/mol. The van der Waals surface area contributed by atoms with Crippen LogP contribution in [0, 0.1) is 11.3 Å². The fourth-order valence-corrected chi connectivity index (χ4v) is 1.75. The fraction of sp³-hybridized carbons (Fsp3) is 0.176. The maximum Gasteiger partial charge on any atom is 0.170 e. The van der Waals surface area contributed by atoms with Crippen molar-refractivity contribution < 1.29 is 14.3 Å². The highest BCUT2D eigenvalue weighted by Gasteiger charge is 2.00. The average Bonchev–Trinajstić information content (AvgIpc) is 2.62. The third-order valence-electron chi connectivity index (χ3n) is 2.98. The molecule has 23 heavy (non-hydrogen) atoms. The van der Waals surface area contributed by atoms with Crippen LogP contribution >= 0.6 is 0 Å². The lowest BCUT2D eigenvalue weighted by Gasteiger charge is -2.06. The van der Waals surface area contributed by atoms with Gasteiger partial charge in [0.15, 0.2) is 12.4 Å². The smallest absolute Gasteiger partial charge is 0.170 e. The number of hydrogen-bond donors (Lipinski definition) is 1. The minimum absolute atomic E-state index is 0.261. The first-order valence-corrected chi connectivity index (χ1v) is 6.96. The van der Waals surface area contributed by atoms with Gasteiger partial charge in [-0.1, -0.05) is 5.16 Å². The molecule has 0 amide bonds. The molecule has 6 nitrogen and oxygen atoms in total. The van der Waals surface area contributed by atoms with Crippen LogP contribution in [0.4, 0.5) is 0 Å². The lowest BCUT2D eigenvalue weighted by Crippen LogP contribution is -2.15. The molecule has 0 aliphatic heterocycles. The van der Waals surface area contributed by atoms with Crippen molar-refractivity contribution >= 4 is 5.84 Å². The molecule has 0 aliphatic rings. The van der Waals surface area contributed by atoms with Gasteiger partial charge in [-0.05, 0) is 48.5 Å². The normalized spacial score (nSPS) is 10.7. The van der Waals surface area contributed by atoms with Crippen molar-refractivity contribution in [1.82, 2.24) is 0 Å². The minimum Gasteiger partial charge on any atom is -0.497 e. The van der Waals surface area contributed by atoms with Gasteiger partial charge < -0.3 is 20.0 Å². The molecule has 0 aromatic heterocycles. The minimum atomic E-state index is 0.261. The number of methoxy groups -OCH3 is 1. The molecule has 0 bridgehead atoms. The summed E-state index contributed by atoms with van der Waals surface area (Å²) < 4.78 is 10.5. The van der Waals surface area contributed by atoms with Gasteiger partial charge in [0.05, 0.1) is 18.7 Å². The molecule has 0 fully saturated rings. The fourth-order valence-electron chi connectivity index (χ4n) is 1.75. The van der Waals surface area contributed by atoms with Gasteiger partial charge in [0, 0.05) is 5.56 Å². The Hall–Kier alpha value is -3.20. The Bertz CT molecular complexity index is 689. The second-order valence-corrected chi connectivity index (χ2v) is 4.52. The Morgan fingerprint density at radius 2 is 1.70 bits per heavy atom. The zero-order valence-electron chi connectivity index (χ0n) is 12.7. The van der Waals surface area contributed by atoms with Gasteiger partial charge in [-0.3, -0.25) is 0 Å². The molecule has 0 aliphatic carbocycles. The van der Waals surface area contributed by atoms with E-state index < -0.39 is 0 Å². The molecule has 0 unspecified atom stereocenters. The number of benzene rings is 2. The molecule has 118 valence electrons. The van der Waals surface area contributed by atoms with Crippen LogP contribution in [0.2, 0.25) is 0 Å². The molecule has 2 rings (SSSR count). The van der Waals surface area contributed by atoms with Crippen LogP contribution in [0.15, 0.2) is 53.7 Å². The van der Waals surface area contributed by atoms with Crippen LogP contribution in [-0.2, 0) is 4.84 Å². The Morgan fingerprint density at radius 1 is 1.04 bits per heavy atom. The van der Waals surface area contributed by atoms with Crippen LogP contribution < -0.4 is 15.2 Å². The summed E-state index contributed by atoms with van der Waals surface area (Å²) in [5.41, 5.74) is 7.16.